The van der Waals surface area contributed by atoms with Crippen molar-refractivity contribution in [3.8, 4) is 22.5 Å². The van der Waals surface area contributed by atoms with Crippen molar-refractivity contribution in [1.82, 2.24) is 10.1 Å². The molecule has 0 saturated carbocycles. The van der Waals surface area contributed by atoms with Gasteiger partial charge in [-0.3, -0.25) is 4.98 Å². The third kappa shape index (κ3) is 2.23. The van der Waals surface area contributed by atoms with E-state index in [0.717, 1.165) is 6.20 Å². The number of aromatic nitrogens is 2. The number of benzene rings is 1. The molecule has 4 nitrogen and oxygen atoms in total. The summed E-state index contributed by atoms with van der Waals surface area (Å²) < 4.78 is 33.0. The summed E-state index contributed by atoms with van der Waals surface area (Å²) in [6.07, 6.45) is 2.39. The first kappa shape index (κ1) is 13.5. The standard InChI is InChI=1S/C14H8ClF2N3O/c15-8-2-1-3-9(16)11(8)12-13(21-20-14(12)18)7-4-5-19-6-10(7)17/h1-6H,(H2,18,20). The van der Waals surface area contributed by atoms with E-state index in [4.69, 9.17) is 21.9 Å². The predicted molar refractivity (Wildman–Crippen MR) is 74.5 cm³/mol. The highest BCUT2D eigenvalue weighted by atomic mass is 35.5. The minimum atomic E-state index is -0.637. The van der Waals surface area contributed by atoms with Gasteiger partial charge in [-0.1, -0.05) is 22.8 Å². The molecule has 21 heavy (non-hydrogen) atoms. The predicted octanol–water partition coefficient (Wildman–Crippen LogP) is 3.92. The van der Waals surface area contributed by atoms with E-state index >= 15 is 0 Å². The summed E-state index contributed by atoms with van der Waals surface area (Å²) in [5, 5.41) is 3.71. The fourth-order valence-electron chi connectivity index (χ4n) is 2.02. The highest BCUT2D eigenvalue weighted by Crippen LogP contribution is 2.41. The zero-order chi connectivity index (χ0) is 15.0. The average Bonchev–Trinajstić information content (AvgIpc) is 2.81. The molecule has 106 valence electrons. The highest BCUT2D eigenvalue weighted by molar-refractivity contribution is 6.33. The van der Waals surface area contributed by atoms with Crippen LogP contribution in [-0.4, -0.2) is 10.1 Å². The molecule has 0 aliphatic carbocycles. The molecule has 0 unspecified atom stereocenters. The maximum Gasteiger partial charge on any atom is 0.180 e. The maximum atomic E-state index is 14.1. The molecule has 0 bridgehead atoms. The lowest BCUT2D eigenvalue weighted by molar-refractivity contribution is 0.433. The summed E-state index contributed by atoms with van der Waals surface area (Å²) in [5.41, 5.74) is 5.93. The van der Waals surface area contributed by atoms with Gasteiger partial charge >= 0.3 is 0 Å². The summed E-state index contributed by atoms with van der Waals surface area (Å²) in [6.45, 7) is 0. The van der Waals surface area contributed by atoms with Crippen molar-refractivity contribution in [2.75, 3.05) is 5.73 Å². The third-order valence-corrected chi connectivity index (χ3v) is 3.26. The van der Waals surface area contributed by atoms with E-state index in [9.17, 15) is 8.78 Å². The molecule has 3 rings (SSSR count). The van der Waals surface area contributed by atoms with Gasteiger partial charge in [-0.15, -0.1) is 0 Å². The van der Waals surface area contributed by atoms with Gasteiger partial charge in [0.05, 0.1) is 22.3 Å². The molecular formula is C14H8ClF2N3O. The molecule has 0 fully saturated rings. The lowest BCUT2D eigenvalue weighted by Crippen LogP contribution is -1.93. The van der Waals surface area contributed by atoms with Crippen LogP contribution in [0.4, 0.5) is 14.6 Å². The quantitative estimate of drug-likeness (QED) is 0.779. The molecule has 0 spiro atoms. The van der Waals surface area contributed by atoms with Crippen molar-refractivity contribution in [2.24, 2.45) is 0 Å². The van der Waals surface area contributed by atoms with E-state index in [0.29, 0.717) is 0 Å². The van der Waals surface area contributed by atoms with Crippen LogP contribution in [0.15, 0.2) is 41.2 Å². The van der Waals surface area contributed by atoms with Gasteiger partial charge in [0.15, 0.2) is 17.4 Å². The summed E-state index contributed by atoms with van der Waals surface area (Å²) in [7, 11) is 0. The van der Waals surface area contributed by atoms with Crippen LogP contribution >= 0.6 is 11.6 Å². The topological polar surface area (TPSA) is 64.9 Å². The van der Waals surface area contributed by atoms with Gasteiger partial charge < -0.3 is 10.3 Å². The van der Waals surface area contributed by atoms with Crippen LogP contribution in [0.25, 0.3) is 22.5 Å². The first-order valence-corrected chi connectivity index (χ1v) is 6.26. The molecule has 2 aromatic heterocycles. The minimum Gasteiger partial charge on any atom is -0.380 e. The second kappa shape index (κ2) is 5.14. The number of nitrogens with zero attached hydrogens (tertiary/aromatic N) is 2. The molecule has 2 N–H and O–H groups in total. The molecule has 3 aromatic rings. The molecule has 0 atom stereocenters. The smallest absolute Gasteiger partial charge is 0.180 e. The Bertz CT molecular complexity index is 799. The van der Waals surface area contributed by atoms with Crippen LogP contribution in [0, 0.1) is 11.6 Å². The largest absolute Gasteiger partial charge is 0.380 e. The Labute approximate surface area is 123 Å². The number of hydrogen-bond donors (Lipinski definition) is 1. The van der Waals surface area contributed by atoms with Gasteiger partial charge in [0.25, 0.3) is 0 Å². The molecule has 7 heteroatoms. The maximum absolute atomic E-state index is 14.1. The number of rotatable bonds is 2. The monoisotopic (exact) mass is 307 g/mol. The first-order valence-electron chi connectivity index (χ1n) is 5.89. The zero-order valence-electron chi connectivity index (χ0n) is 10.5. The molecular weight excluding hydrogens is 300 g/mol. The summed E-state index contributed by atoms with van der Waals surface area (Å²) in [5.74, 6) is -1.32. The van der Waals surface area contributed by atoms with E-state index in [1.54, 1.807) is 0 Å². The molecule has 2 heterocycles. The van der Waals surface area contributed by atoms with E-state index in [2.05, 4.69) is 10.1 Å². The number of halogens is 3. The van der Waals surface area contributed by atoms with Crippen LogP contribution in [0.3, 0.4) is 0 Å². The van der Waals surface area contributed by atoms with Crippen LogP contribution in [0.1, 0.15) is 0 Å². The highest BCUT2D eigenvalue weighted by Gasteiger charge is 2.24. The Hall–Kier alpha value is -2.47. The van der Waals surface area contributed by atoms with Gasteiger partial charge in [-0.05, 0) is 18.2 Å². The lowest BCUT2D eigenvalue weighted by Gasteiger charge is -2.06. The van der Waals surface area contributed by atoms with Crippen molar-refractivity contribution in [1.29, 1.82) is 0 Å². The van der Waals surface area contributed by atoms with Gasteiger partial charge in [0.2, 0.25) is 0 Å². The van der Waals surface area contributed by atoms with Crippen LogP contribution in [0.5, 0.6) is 0 Å². The Kier molecular flexibility index (Phi) is 3.31. The van der Waals surface area contributed by atoms with Crippen molar-refractivity contribution in [2.45, 2.75) is 0 Å². The first-order chi connectivity index (χ1) is 10.1. The van der Waals surface area contributed by atoms with E-state index in [-0.39, 0.29) is 33.3 Å². The Morgan fingerprint density at radius 2 is 1.90 bits per heavy atom. The van der Waals surface area contributed by atoms with Crippen LogP contribution in [-0.2, 0) is 0 Å². The van der Waals surface area contributed by atoms with Crippen molar-refractivity contribution < 1.29 is 13.3 Å². The molecule has 0 radical (unpaired) electrons. The van der Waals surface area contributed by atoms with Crippen molar-refractivity contribution >= 4 is 17.4 Å². The number of hydrogen-bond acceptors (Lipinski definition) is 4. The fraction of sp³-hybridized carbons (Fsp3) is 0. The lowest BCUT2D eigenvalue weighted by atomic mass is 10.0. The SMILES string of the molecule is Nc1noc(-c2ccncc2F)c1-c1c(F)cccc1Cl. The van der Waals surface area contributed by atoms with Gasteiger partial charge in [0, 0.05) is 11.8 Å². The Balaban J connectivity index is 2.31. The van der Waals surface area contributed by atoms with Gasteiger partial charge in [-0.25, -0.2) is 8.78 Å². The molecule has 1 aromatic carbocycles. The van der Waals surface area contributed by atoms with Crippen molar-refractivity contribution in [3.05, 3.63) is 53.3 Å². The van der Waals surface area contributed by atoms with Gasteiger partial charge in [0.1, 0.15) is 5.82 Å². The zero-order valence-corrected chi connectivity index (χ0v) is 11.2. The van der Waals surface area contributed by atoms with E-state index < -0.39 is 11.6 Å². The molecule has 0 saturated heterocycles. The molecule has 0 amide bonds. The Morgan fingerprint density at radius 3 is 2.62 bits per heavy atom. The normalized spacial score (nSPS) is 10.8. The molecule has 0 aliphatic heterocycles. The second-order valence-corrected chi connectivity index (χ2v) is 4.63. The average molecular weight is 308 g/mol. The van der Waals surface area contributed by atoms with Crippen molar-refractivity contribution in [3.63, 3.8) is 0 Å². The summed E-state index contributed by atoms with van der Waals surface area (Å²) in [6, 6.07) is 5.56. The van der Waals surface area contributed by atoms with E-state index in [1.165, 1.54) is 30.5 Å². The summed E-state index contributed by atoms with van der Waals surface area (Å²) >= 11 is 6.02. The minimum absolute atomic E-state index is 0.000556. The van der Waals surface area contributed by atoms with E-state index in [1.807, 2.05) is 0 Å². The molecule has 0 aliphatic rings. The van der Waals surface area contributed by atoms with Gasteiger partial charge in [-0.2, -0.15) is 0 Å². The summed E-state index contributed by atoms with van der Waals surface area (Å²) in [4.78, 5) is 3.65. The van der Waals surface area contributed by atoms with Crippen LogP contribution < -0.4 is 5.73 Å². The number of anilines is 1. The Morgan fingerprint density at radius 1 is 1.10 bits per heavy atom. The number of pyridine rings is 1. The number of nitrogen functional groups attached to an aromatic ring is 1. The fourth-order valence-corrected chi connectivity index (χ4v) is 2.28. The third-order valence-electron chi connectivity index (χ3n) is 2.95. The van der Waals surface area contributed by atoms with Crippen LogP contribution in [0.2, 0.25) is 5.02 Å². The second-order valence-electron chi connectivity index (χ2n) is 4.22. The number of nitrogens with two attached hydrogens (primary N) is 1.